The third-order valence-electron chi connectivity index (χ3n) is 5.76. The fourth-order valence-corrected chi connectivity index (χ4v) is 3.89. The van der Waals surface area contributed by atoms with Gasteiger partial charge in [-0.05, 0) is 43.2 Å². The van der Waals surface area contributed by atoms with E-state index in [4.69, 9.17) is 4.74 Å². The van der Waals surface area contributed by atoms with Crippen molar-refractivity contribution in [1.82, 2.24) is 14.8 Å². The monoisotopic (exact) mass is 389 g/mol. The summed E-state index contributed by atoms with van der Waals surface area (Å²) in [7, 11) is 1.64. The van der Waals surface area contributed by atoms with Crippen molar-refractivity contribution in [3.05, 3.63) is 70.9 Å². The van der Waals surface area contributed by atoms with Gasteiger partial charge in [-0.1, -0.05) is 24.3 Å². The van der Waals surface area contributed by atoms with Gasteiger partial charge < -0.3 is 9.64 Å². The van der Waals surface area contributed by atoms with Crippen LogP contribution in [0.3, 0.4) is 0 Å². The van der Waals surface area contributed by atoms with E-state index < -0.39 is 0 Å². The molecule has 3 aromatic rings. The van der Waals surface area contributed by atoms with E-state index in [1.807, 2.05) is 36.1 Å². The molecule has 0 N–H and O–H groups in total. The summed E-state index contributed by atoms with van der Waals surface area (Å²) in [4.78, 5) is 22.2. The summed E-state index contributed by atoms with van der Waals surface area (Å²) in [5, 5.41) is 0.956. The lowest BCUT2D eigenvalue weighted by Gasteiger charge is -2.35. The molecule has 0 bridgehead atoms. The van der Waals surface area contributed by atoms with Crippen LogP contribution in [0, 0.1) is 13.8 Å². The SMILES string of the molecule is COc1ccc2cc(C(=O)N3CCN(Cc4ccccc4C)CC3)c(C)nc2c1. The van der Waals surface area contributed by atoms with Crippen molar-refractivity contribution in [1.29, 1.82) is 0 Å². The van der Waals surface area contributed by atoms with Crippen LogP contribution in [0.5, 0.6) is 5.75 Å². The maximum absolute atomic E-state index is 13.1. The second-order valence-corrected chi connectivity index (χ2v) is 7.67. The molecule has 2 heterocycles. The smallest absolute Gasteiger partial charge is 0.255 e. The van der Waals surface area contributed by atoms with E-state index in [1.165, 1.54) is 11.1 Å². The van der Waals surface area contributed by atoms with Gasteiger partial charge in [0.05, 0.1) is 23.9 Å². The summed E-state index contributed by atoms with van der Waals surface area (Å²) in [6.45, 7) is 8.25. The van der Waals surface area contributed by atoms with E-state index in [1.54, 1.807) is 7.11 Å². The molecule has 1 aromatic heterocycles. The van der Waals surface area contributed by atoms with Gasteiger partial charge >= 0.3 is 0 Å². The number of pyridine rings is 1. The van der Waals surface area contributed by atoms with Crippen molar-refractivity contribution in [2.24, 2.45) is 0 Å². The van der Waals surface area contributed by atoms with Crippen LogP contribution < -0.4 is 4.74 Å². The first-order valence-corrected chi connectivity index (χ1v) is 10.1. The van der Waals surface area contributed by atoms with Gasteiger partial charge in [0.25, 0.3) is 5.91 Å². The van der Waals surface area contributed by atoms with Crippen molar-refractivity contribution in [3.8, 4) is 5.75 Å². The van der Waals surface area contributed by atoms with Crippen LogP contribution in [0.15, 0.2) is 48.5 Å². The van der Waals surface area contributed by atoms with Crippen LogP contribution in [0.4, 0.5) is 0 Å². The number of carbonyl (C=O) groups excluding carboxylic acids is 1. The first-order valence-electron chi connectivity index (χ1n) is 10.1. The Kier molecular flexibility index (Phi) is 5.49. The lowest BCUT2D eigenvalue weighted by atomic mass is 10.1. The van der Waals surface area contributed by atoms with E-state index in [2.05, 4.69) is 41.1 Å². The minimum atomic E-state index is 0.0725. The summed E-state index contributed by atoms with van der Waals surface area (Å²) in [5.74, 6) is 0.844. The maximum atomic E-state index is 13.1. The third kappa shape index (κ3) is 4.10. The van der Waals surface area contributed by atoms with Gasteiger partial charge in [0.2, 0.25) is 0 Å². The fourth-order valence-electron chi connectivity index (χ4n) is 3.89. The van der Waals surface area contributed by atoms with Gasteiger partial charge in [0, 0.05) is 44.2 Å². The van der Waals surface area contributed by atoms with E-state index in [9.17, 15) is 4.79 Å². The molecular formula is C24H27N3O2. The molecule has 5 heteroatoms. The van der Waals surface area contributed by atoms with Crippen molar-refractivity contribution < 1.29 is 9.53 Å². The highest BCUT2D eigenvalue weighted by molar-refractivity contribution is 5.98. The second kappa shape index (κ2) is 8.21. The number of fused-ring (bicyclic) bond motifs is 1. The Morgan fingerprint density at radius 3 is 2.52 bits per heavy atom. The number of benzene rings is 2. The normalized spacial score (nSPS) is 14.9. The van der Waals surface area contributed by atoms with Crippen LogP contribution >= 0.6 is 0 Å². The Balaban J connectivity index is 1.45. The summed E-state index contributed by atoms with van der Waals surface area (Å²) >= 11 is 0. The van der Waals surface area contributed by atoms with Crippen molar-refractivity contribution in [2.75, 3.05) is 33.3 Å². The van der Waals surface area contributed by atoms with Crippen LogP contribution in [0.25, 0.3) is 10.9 Å². The van der Waals surface area contributed by atoms with Crippen LogP contribution in [0.2, 0.25) is 0 Å². The lowest BCUT2D eigenvalue weighted by molar-refractivity contribution is 0.0627. The molecule has 1 amide bonds. The molecule has 5 nitrogen and oxygen atoms in total. The number of aryl methyl sites for hydroxylation is 2. The summed E-state index contributed by atoms with van der Waals surface area (Å²) in [6, 6.07) is 16.2. The molecule has 0 saturated carbocycles. The molecule has 1 aliphatic heterocycles. The molecule has 4 rings (SSSR count). The van der Waals surface area contributed by atoms with Crippen molar-refractivity contribution in [2.45, 2.75) is 20.4 Å². The molecule has 1 fully saturated rings. The number of nitrogens with zero attached hydrogens (tertiary/aromatic N) is 3. The predicted octanol–water partition coefficient (Wildman–Crippen LogP) is 3.82. The summed E-state index contributed by atoms with van der Waals surface area (Å²) in [5.41, 5.74) is 4.98. The topological polar surface area (TPSA) is 45.7 Å². The summed E-state index contributed by atoms with van der Waals surface area (Å²) in [6.07, 6.45) is 0. The Bertz CT molecular complexity index is 1040. The third-order valence-corrected chi connectivity index (χ3v) is 5.76. The quantitative estimate of drug-likeness (QED) is 0.681. The number of ether oxygens (including phenoxy) is 1. The van der Waals surface area contributed by atoms with E-state index in [0.717, 1.165) is 55.1 Å². The highest BCUT2D eigenvalue weighted by Gasteiger charge is 2.24. The minimum Gasteiger partial charge on any atom is -0.497 e. The number of hydrogen-bond acceptors (Lipinski definition) is 4. The highest BCUT2D eigenvalue weighted by Crippen LogP contribution is 2.23. The van der Waals surface area contributed by atoms with E-state index in [-0.39, 0.29) is 5.91 Å². The lowest BCUT2D eigenvalue weighted by Crippen LogP contribution is -2.48. The van der Waals surface area contributed by atoms with Crippen molar-refractivity contribution in [3.63, 3.8) is 0 Å². The molecular weight excluding hydrogens is 362 g/mol. The Morgan fingerprint density at radius 2 is 1.79 bits per heavy atom. The number of hydrogen-bond donors (Lipinski definition) is 0. The first-order chi connectivity index (χ1) is 14.0. The average molecular weight is 389 g/mol. The standard InChI is InChI=1S/C24H27N3O2/c1-17-6-4-5-7-20(17)16-26-10-12-27(13-11-26)24(28)22-14-19-8-9-21(29-3)15-23(19)25-18(22)2/h4-9,14-15H,10-13,16H2,1-3H3. The predicted molar refractivity (Wildman–Crippen MR) is 115 cm³/mol. The second-order valence-electron chi connectivity index (χ2n) is 7.67. The van der Waals surface area contributed by atoms with Crippen molar-refractivity contribution >= 4 is 16.8 Å². The van der Waals surface area contributed by atoms with Gasteiger partial charge in [0.1, 0.15) is 5.75 Å². The fraction of sp³-hybridized carbons (Fsp3) is 0.333. The molecule has 0 atom stereocenters. The van der Waals surface area contributed by atoms with E-state index in [0.29, 0.717) is 5.56 Å². The zero-order chi connectivity index (χ0) is 20.4. The van der Waals surface area contributed by atoms with Gasteiger partial charge in [0.15, 0.2) is 0 Å². The van der Waals surface area contributed by atoms with Crippen LogP contribution in [0.1, 0.15) is 27.2 Å². The molecule has 2 aromatic carbocycles. The van der Waals surface area contributed by atoms with Crippen LogP contribution in [-0.4, -0.2) is 54.0 Å². The number of carbonyl (C=O) groups is 1. The van der Waals surface area contributed by atoms with Gasteiger partial charge in [-0.2, -0.15) is 0 Å². The number of piperazine rings is 1. The molecule has 150 valence electrons. The molecule has 0 spiro atoms. The Morgan fingerprint density at radius 1 is 1.03 bits per heavy atom. The highest BCUT2D eigenvalue weighted by atomic mass is 16.5. The summed E-state index contributed by atoms with van der Waals surface area (Å²) < 4.78 is 5.28. The van der Waals surface area contributed by atoms with Gasteiger partial charge in [-0.15, -0.1) is 0 Å². The molecule has 29 heavy (non-hydrogen) atoms. The zero-order valence-corrected chi connectivity index (χ0v) is 17.3. The van der Waals surface area contributed by atoms with Gasteiger partial charge in [-0.3, -0.25) is 14.7 Å². The molecule has 0 radical (unpaired) electrons. The molecule has 0 unspecified atom stereocenters. The molecule has 1 saturated heterocycles. The van der Waals surface area contributed by atoms with Gasteiger partial charge in [-0.25, -0.2) is 0 Å². The number of aromatic nitrogens is 1. The molecule has 1 aliphatic rings. The van der Waals surface area contributed by atoms with E-state index >= 15 is 0 Å². The largest absolute Gasteiger partial charge is 0.497 e. The zero-order valence-electron chi connectivity index (χ0n) is 17.3. The maximum Gasteiger partial charge on any atom is 0.255 e. The Labute approximate surface area is 171 Å². The number of rotatable bonds is 4. The average Bonchev–Trinajstić information content (AvgIpc) is 2.74. The molecule has 0 aliphatic carbocycles. The minimum absolute atomic E-state index is 0.0725. The number of amides is 1. The Hall–Kier alpha value is -2.92. The number of methoxy groups -OCH3 is 1. The first kappa shape index (κ1) is 19.4. The van der Waals surface area contributed by atoms with Crippen LogP contribution in [-0.2, 0) is 6.54 Å².